The van der Waals surface area contributed by atoms with E-state index in [-0.39, 0.29) is 6.04 Å². The van der Waals surface area contributed by atoms with Gasteiger partial charge >= 0.3 is 0 Å². The Morgan fingerprint density at radius 1 is 1.11 bits per heavy atom. The van der Waals surface area contributed by atoms with Gasteiger partial charge < -0.3 is 5.73 Å². The smallest absolute Gasteiger partial charge is 0.110 e. The molecule has 3 aromatic rings. The van der Waals surface area contributed by atoms with E-state index in [4.69, 9.17) is 10.7 Å². The number of hydrogen-bond donors (Lipinski definition) is 1. The van der Waals surface area contributed by atoms with Crippen molar-refractivity contribution in [1.82, 2.24) is 4.98 Å². The Bertz CT molecular complexity index is 723. The summed E-state index contributed by atoms with van der Waals surface area (Å²) in [6, 6.07) is 14.8. The average molecular weight is 268 g/mol. The highest BCUT2D eigenvalue weighted by molar-refractivity contribution is 7.12. The molecule has 0 aliphatic carbocycles. The first-order valence-corrected chi connectivity index (χ1v) is 7.19. The minimum Gasteiger partial charge on any atom is -0.322 e. The quantitative estimate of drug-likeness (QED) is 0.753. The molecular formula is C16H16N2S. The molecule has 1 unspecified atom stereocenters. The molecule has 2 nitrogen and oxygen atoms in total. The summed E-state index contributed by atoms with van der Waals surface area (Å²) >= 11 is 1.69. The minimum absolute atomic E-state index is 0.00701. The zero-order valence-corrected chi connectivity index (χ0v) is 11.9. The number of benzene rings is 2. The Morgan fingerprint density at radius 3 is 2.58 bits per heavy atom. The van der Waals surface area contributed by atoms with Gasteiger partial charge in [0.05, 0.1) is 11.7 Å². The Balaban J connectivity index is 2.24. The van der Waals surface area contributed by atoms with Crippen molar-refractivity contribution in [3.05, 3.63) is 52.3 Å². The third-order valence-corrected chi connectivity index (χ3v) is 4.42. The van der Waals surface area contributed by atoms with Gasteiger partial charge in [-0.15, -0.1) is 11.3 Å². The second-order valence-corrected chi connectivity index (χ2v) is 6.01. The number of aromatic nitrogens is 1. The van der Waals surface area contributed by atoms with E-state index < -0.39 is 0 Å². The van der Waals surface area contributed by atoms with Crippen molar-refractivity contribution >= 4 is 22.1 Å². The second kappa shape index (κ2) is 4.76. The first-order valence-electron chi connectivity index (χ1n) is 6.38. The Morgan fingerprint density at radius 2 is 1.84 bits per heavy atom. The summed E-state index contributed by atoms with van der Waals surface area (Å²) in [6.45, 7) is 4.09. The normalized spacial score (nSPS) is 12.8. The molecule has 0 aliphatic heterocycles. The summed E-state index contributed by atoms with van der Waals surface area (Å²) in [6.07, 6.45) is 0. The van der Waals surface area contributed by atoms with Gasteiger partial charge in [0.15, 0.2) is 0 Å². The van der Waals surface area contributed by atoms with Crippen LogP contribution in [0.5, 0.6) is 0 Å². The number of nitrogens with two attached hydrogens (primary N) is 1. The molecule has 0 saturated heterocycles. The number of hydrogen-bond acceptors (Lipinski definition) is 3. The Kier molecular flexibility index (Phi) is 3.09. The fourth-order valence-electron chi connectivity index (χ4n) is 2.29. The van der Waals surface area contributed by atoms with Crippen molar-refractivity contribution in [3.8, 4) is 11.3 Å². The van der Waals surface area contributed by atoms with Crippen LogP contribution in [0.2, 0.25) is 0 Å². The molecular weight excluding hydrogens is 252 g/mol. The van der Waals surface area contributed by atoms with Gasteiger partial charge in [0.2, 0.25) is 0 Å². The number of rotatable bonds is 2. The Hall–Kier alpha value is -1.71. The maximum absolute atomic E-state index is 5.93. The lowest BCUT2D eigenvalue weighted by Gasteiger charge is -2.05. The molecule has 0 radical (unpaired) electrons. The molecule has 2 N–H and O–H groups in total. The topological polar surface area (TPSA) is 38.9 Å². The summed E-state index contributed by atoms with van der Waals surface area (Å²) in [5, 5.41) is 3.49. The lowest BCUT2D eigenvalue weighted by molar-refractivity contribution is 0.808. The highest BCUT2D eigenvalue weighted by Crippen LogP contribution is 2.34. The number of fused-ring (bicyclic) bond motifs is 1. The molecule has 0 amide bonds. The molecule has 1 aromatic heterocycles. The number of aryl methyl sites for hydroxylation is 1. The molecule has 0 aliphatic rings. The van der Waals surface area contributed by atoms with E-state index >= 15 is 0 Å². The summed E-state index contributed by atoms with van der Waals surface area (Å²) < 4.78 is 0. The van der Waals surface area contributed by atoms with Crippen LogP contribution in [-0.4, -0.2) is 4.98 Å². The minimum atomic E-state index is -0.00701. The van der Waals surface area contributed by atoms with Crippen molar-refractivity contribution in [2.24, 2.45) is 5.73 Å². The van der Waals surface area contributed by atoms with Gasteiger partial charge in [-0.3, -0.25) is 0 Å². The van der Waals surface area contributed by atoms with Gasteiger partial charge in [0.25, 0.3) is 0 Å². The summed E-state index contributed by atoms with van der Waals surface area (Å²) in [4.78, 5) is 5.95. The largest absolute Gasteiger partial charge is 0.322 e. The van der Waals surface area contributed by atoms with E-state index in [0.717, 1.165) is 10.7 Å². The predicted molar refractivity (Wildman–Crippen MR) is 82.4 cm³/mol. The van der Waals surface area contributed by atoms with Crippen molar-refractivity contribution in [2.75, 3.05) is 0 Å². The summed E-state index contributed by atoms with van der Waals surface area (Å²) in [5.74, 6) is 0. The maximum atomic E-state index is 5.93. The van der Waals surface area contributed by atoms with Crippen molar-refractivity contribution in [1.29, 1.82) is 0 Å². The van der Waals surface area contributed by atoms with Crippen LogP contribution >= 0.6 is 11.3 Å². The van der Waals surface area contributed by atoms with E-state index in [0.29, 0.717) is 0 Å². The highest BCUT2D eigenvalue weighted by atomic mass is 32.1. The number of nitrogens with zero attached hydrogens (tertiary/aromatic N) is 1. The Labute approximate surface area is 116 Å². The summed E-state index contributed by atoms with van der Waals surface area (Å²) in [7, 11) is 0. The van der Waals surface area contributed by atoms with Gasteiger partial charge in [-0.25, -0.2) is 4.98 Å². The van der Waals surface area contributed by atoms with Crippen LogP contribution in [0.4, 0.5) is 0 Å². The third-order valence-electron chi connectivity index (χ3n) is 3.25. The molecule has 0 saturated carbocycles. The van der Waals surface area contributed by atoms with Gasteiger partial charge in [0.1, 0.15) is 5.01 Å². The molecule has 1 heterocycles. The van der Waals surface area contributed by atoms with Crippen LogP contribution in [0.3, 0.4) is 0 Å². The molecule has 2 aromatic carbocycles. The van der Waals surface area contributed by atoms with E-state index in [1.54, 1.807) is 11.3 Å². The molecule has 0 spiro atoms. The molecule has 0 fully saturated rings. The van der Waals surface area contributed by atoms with Crippen LogP contribution in [0.15, 0.2) is 42.5 Å². The SMILES string of the molecule is Cc1sc(C(C)N)nc1-c1cccc2ccccc12. The lowest BCUT2D eigenvalue weighted by Crippen LogP contribution is -2.03. The molecule has 0 bridgehead atoms. The third kappa shape index (κ3) is 2.15. The van der Waals surface area contributed by atoms with E-state index in [1.807, 2.05) is 6.92 Å². The van der Waals surface area contributed by atoms with Crippen LogP contribution in [0, 0.1) is 6.92 Å². The van der Waals surface area contributed by atoms with Crippen molar-refractivity contribution in [2.45, 2.75) is 19.9 Å². The first-order chi connectivity index (χ1) is 9.16. The van der Waals surface area contributed by atoms with Gasteiger partial charge in [-0.1, -0.05) is 42.5 Å². The van der Waals surface area contributed by atoms with E-state index in [2.05, 4.69) is 49.4 Å². The standard InChI is InChI=1S/C16H16N2S/c1-10(17)16-18-15(11(2)19-16)14-9-5-7-12-6-3-4-8-13(12)14/h3-10H,17H2,1-2H3. The van der Waals surface area contributed by atoms with Gasteiger partial charge in [0, 0.05) is 10.4 Å². The van der Waals surface area contributed by atoms with Gasteiger partial charge in [-0.05, 0) is 24.6 Å². The van der Waals surface area contributed by atoms with E-state index in [1.165, 1.54) is 21.2 Å². The zero-order chi connectivity index (χ0) is 13.4. The van der Waals surface area contributed by atoms with Crippen molar-refractivity contribution < 1.29 is 0 Å². The van der Waals surface area contributed by atoms with Crippen LogP contribution in [0.1, 0.15) is 22.9 Å². The number of thiazole rings is 1. The molecule has 1 atom stereocenters. The zero-order valence-electron chi connectivity index (χ0n) is 11.1. The van der Waals surface area contributed by atoms with Crippen LogP contribution in [-0.2, 0) is 0 Å². The molecule has 96 valence electrons. The fraction of sp³-hybridized carbons (Fsp3) is 0.188. The highest BCUT2D eigenvalue weighted by Gasteiger charge is 2.14. The molecule has 3 heteroatoms. The van der Waals surface area contributed by atoms with Crippen LogP contribution in [0.25, 0.3) is 22.0 Å². The van der Waals surface area contributed by atoms with E-state index in [9.17, 15) is 0 Å². The average Bonchev–Trinajstić information content (AvgIpc) is 2.80. The van der Waals surface area contributed by atoms with Crippen molar-refractivity contribution in [3.63, 3.8) is 0 Å². The fourth-order valence-corrected chi connectivity index (χ4v) is 3.18. The summed E-state index contributed by atoms with van der Waals surface area (Å²) in [5.41, 5.74) is 8.19. The monoisotopic (exact) mass is 268 g/mol. The molecule has 19 heavy (non-hydrogen) atoms. The maximum Gasteiger partial charge on any atom is 0.110 e. The first kappa shape index (κ1) is 12.3. The van der Waals surface area contributed by atoms with Crippen LogP contribution < -0.4 is 5.73 Å². The predicted octanol–water partition coefficient (Wildman–Crippen LogP) is 4.29. The second-order valence-electron chi connectivity index (χ2n) is 4.77. The van der Waals surface area contributed by atoms with Gasteiger partial charge in [-0.2, -0.15) is 0 Å². The molecule has 3 rings (SSSR count). The lowest BCUT2D eigenvalue weighted by atomic mass is 10.0.